The molecule has 2 aromatic carbocycles. The number of carbonyl (C=O) groups excluding carboxylic acids is 2. The quantitative estimate of drug-likeness (QED) is 0.467. The van der Waals surface area contributed by atoms with Crippen LogP contribution in [0.25, 0.3) is 11.3 Å². The van der Waals surface area contributed by atoms with E-state index in [1.807, 2.05) is 59.5 Å². The van der Waals surface area contributed by atoms with Gasteiger partial charge in [0.25, 0.3) is 5.91 Å². The number of benzene rings is 2. The van der Waals surface area contributed by atoms with Crippen LogP contribution in [0.4, 0.5) is 5.82 Å². The summed E-state index contributed by atoms with van der Waals surface area (Å²) in [7, 11) is 0. The molecule has 1 aliphatic rings. The van der Waals surface area contributed by atoms with E-state index in [9.17, 15) is 9.59 Å². The molecule has 182 valence electrons. The lowest BCUT2D eigenvalue weighted by Crippen LogP contribution is -2.52. The van der Waals surface area contributed by atoms with E-state index in [1.165, 1.54) is 0 Å². The lowest BCUT2D eigenvalue weighted by molar-refractivity contribution is -0.132. The van der Waals surface area contributed by atoms with E-state index in [0.29, 0.717) is 43.3 Å². The van der Waals surface area contributed by atoms with Crippen LogP contribution in [0.1, 0.15) is 30.1 Å². The predicted octanol–water partition coefficient (Wildman–Crippen LogP) is 4.39. The van der Waals surface area contributed by atoms with Gasteiger partial charge in [0.1, 0.15) is 6.54 Å². The molecule has 2 heterocycles. The average molecular weight is 492 g/mol. The van der Waals surface area contributed by atoms with Gasteiger partial charge in [-0.2, -0.15) is 0 Å². The molecule has 1 aromatic heterocycles. The summed E-state index contributed by atoms with van der Waals surface area (Å²) < 4.78 is 0. The number of piperazine rings is 1. The molecule has 3 aromatic rings. The molecule has 1 saturated heterocycles. The molecule has 4 rings (SSSR count). The molecule has 0 aliphatic carbocycles. The standard InChI is InChI=1S/C27H30ClN5O2/c1-2-3-15-33(27(35)21-9-5-4-6-10-21)20-26(34)32-18-16-31(17-19-32)25-14-13-24(29-30-25)22-11-7-8-12-23(22)28/h4-14H,2-3,15-20H2,1H3. The zero-order chi connectivity index (χ0) is 24.6. The second kappa shape index (κ2) is 11.8. The van der Waals surface area contributed by atoms with Crippen molar-refractivity contribution >= 4 is 29.2 Å². The number of carbonyl (C=O) groups is 2. The third-order valence-electron chi connectivity index (χ3n) is 6.17. The van der Waals surface area contributed by atoms with Crippen LogP contribution in [0.3, 0.4) is 0 Å². The number of rotatable bonds is 8. The second-order valence-corrected chi connectivity index (χ2v) is 8.98. The zero-order valence-electron chi connectivity index (χ0n) is 19.9. The number of anilines is 1. The Labute approximate surface area is 211 Å². The van der Waals surface area contributed by atoms with Gasteiger partial charge in [0, 0.05) is 43.9 Å². The van der Waals surface area contributed by atoms with Crippen molar-refractivity contribution in [3.8, 4) is 11.3 Å². The SMILES string of the molecule is CCCCN(CC(=O)N1CCN(c2ccc(-c3ccccc3Cl)nn2)CC1)C(=O)c1ccccc1. The van der Waals surface area contributed by atoms with Crippen molar-refractivity contribution in [3.05, 3.63) is 77.3 Å². The molecule has 0 unspecified atom stereocenters. The van der Waals surface area contributed by atoms with Crippen LogP contribution >= 0.6 is 11.6 Å². The van der Waals surface area contributed by atoms with E-state index in [4.69, 9.17) is 11.6 Å². The van der Waals surface area contributed by atoms with Gasteiger partial charge in [-0.25, -0.2) is 0 Å². The first kappa shape index (κ1) is 24.7. The predicted molar refractivity (Wildman–Crippen MR) is 139 cm³/mol. The number of halogens is 1. The number of aromatic nitrogens is 2. The molecule has 2 amide bonds. The molecular formula is C27H30ClN5O2. The van der Waals surface area contributed by atoms with Gasteiger partial charge >= 0.3 is 0 Å². The number of hydrogen-bond donors (Lipinski definition) is 0. The Morgan fingerprint density at radius 2 is 1.63 bits per heavy atom. The van der Waals surface area contributed by atoms with Crippen molar-refractivity contribution in [1.29, 1.82) is 0 Å². The van der Waals surface area contributed by atoms with E-state index in [2.05, 4.69) is 22.0 Å². The minimum absolute atomic E-state index is 0.0230. The van der Waals surface area contributed by atoms with E-state index in [0.717, 1.165) is 29.9 Å². The Kier molecular flexibility index (Phi) is 8.32. The molecule has 0 spiro atoms. The molecule has 8 heteroatoms. The maximum atomic E-state index is 13.1. The van der Waals surface area contributed by atoms with Crippen molar-refractivity contribution in [2.45, 2.75) is 19.8 Å². The van der Waals surface area contributed by atoms with Gasteiger partial charge in [-0.1, -0.05) is 61.3 Å². The first-order chi connectivity index (χ1) is 17.1. The Morgan fingerprint density at radius 1 is 0.914 bits per heavy atom. The fourth-order valence-corrected chi connectivity index (χ4v) is 4.35. The van der Waals surface area contributed by atoms with Crippen LogP contribution in [-0.2, 0) is 4.79 Å². The van der Waals surface area contributed by atoms with Gasteiger partial charge in [-0.05, 0) is 36.8 Å². The summed E-state index contributed by atoms with van der Waals surface area (Å²) in [5, 5.41) is 9.38. The van der Waals surface area contributed by atoms with Crippen LogP contribution in [-0.4, -0.2) is 71.1 Å². The molecule has 0 radical (unpaired) electrons. The molecule has 35 heavy (non-hydrogen) atoms. The normalized spacial score (nSPS) is 13.5. The molecule has 0 atom stereocenters. The number of unbranched alkanes of at least 4 members (excludes halogenated alkanes) is 1. The fourth-order valence-electron chi connectivity index (χ4n) is 4.12. The summed E-state index contributed by atoms with van der Waals surface area (Å²) in [5.74, 6) is 0.654. The summed E-state index contributed by atoms with van der Waals surface area (Å²) in [5.41, 5.74) is 2.18. The van der Waals surface area contributed by atoms with Crippen molar-refractivity contribution in [1.82, 2.24) is 20.0 Å². The fraction of sp³-hybridized carbons (Fsp3) is 0.333. The highest BCUT2D eigenvalue weighted by atomic mass is 35.5. The van der Waals surface area contributed by atoms with Gasteiger partial charge in [-0.3, -0.25) is 9.59 Å². The summed E-state index contributed by atoms with van der Waals surface area (Å²) in [6, 6.07) is 20.6. The highest BCUT2D eigenvalue weighted by Crippen LogP contribution is 2.26. The van der Waals surface area contributed by atoms with Crippen molar-refractivity contribution in [2.24, 2.45) is 0 Å². The molecule has 0 bridgehead atoms. The Bertz CT molecular complexity index is 1130. The van der Waals surface area contributed by atoms with Gasteiger partial charge in [0.15, 0.2) is 5.82 Å². The molecule has 0 N–H and O–H groups in total. The Balaban J connectivity index is 1.34. The maximum Gasteiger partial charge on any atom is 0.254 e. The van der Waals surface area contributed by atoms with Crippen LogP contribution in [0.2, 0.25) is 5.02 Å². The van der Waals surface area contributed by atoms with E-state index in [-0.39, 0.29) is 18.4 Å². The Hall–Kier alpha value is -3.45. The number of amides is 2. The smallest absolute Gasteiger partial charge is 0.254 e. The molecular weight excluding hydrogens is 462 g/mol. The molecule has 1 fully saturated rings. The van der Waals surface area contributed by atoms with Crippen LogP contribution in [0.5, 0.6) is 0 Å². The van der Waals surface area contributed by atoms with Gasteiger partial charge in [0.05, 0.1) is 10.7 Å². The summed E-state index contributed by atoms with van der Waals surface area (Å²) in [6.45, 7) is 5.22. The van der Waals surface area contributed by atoms with Crippen molar-refractivity contribution < 1.29 is 9.59 Å². The lowest BCUT2D eigenvalue weighted by atomic mass is 10.1. The highest BCUT2D eigenvalue weighted by Gasteiger charge is 2.25. The topological polar surface area (TPSA) is 69.6 Å². The molecule has 1 aliphatic heterocycles. The first-order valence-electron chi connectivity index (χ1n) is 12.0. The van der Waals surface area contributed by atoms with E-state index < -0.39 is 0 Å². The summed E-state index contributed by atoms with van der Waals surface area (Å²) in [6.07, 6.45) is 1.82. The van der Waals surface area contributed by atoms with Crippen molar-refractivity contribution in [3.63, 3.8) is 0 Å². The van der Waals surface area contributed by atoms with E-state index in [1.54, 1.807) is 17.0 Å². The highest BCUT2D eigenvalue weighted by molar-refractivity contribution is 6.33. The van der Waals surface area contributed by atoms with Crippen LogP contribution < -0.4 is 4.90 Å². The van der Waals surface area contributed by atoms with Gasteiger partial charge in [0.2, 0.25) is 5.91 Å². The van der Waals surface area contributed by atoms with Crippen LogP contribution in [0, 0.1) is 0 Å². The van der Waals surface area contributed by atoms with Gasteiger partial charge in [-0.15, -0.1) is 10.2 Å². The summed E-state index contributed by atoms with van der Waals surface area (Å²) >= 11 is 6.27. The molecule has 0 saturated carbocycles. The summed E-state index contributed by atoms with van der Waals surface area (Å²) in [4.78, 5) is 31.7. The van der Waals surface area contributed by atoms with Gasteiger partial charge < -0.3 is 14.7 Å². The minimum Gasteiger partial charge on any atom is -0.352 e. The van der Waals surface area contributed by atoms with E-state index >= 15 is 0 Å². The van der Waals surface area contributed by atoms with Crippen molar-refractivity contribution in [2.75, 3.05) is 44.2 Å². The first-order valence-corrected chi connectivity index (χ1v) is 12.4. The third-order valence-corrected chi connectivity index (χ3v) is 6.50. The number of hydrogen-bond acceptors (Lipinski definition) is 5. The monoisotopic (exact) mass is 491 g/mol. The lowest BCUT2D eigenvalue weighted by Gasteiger charge is -2.36. The number of nitrogens with zero attached hydrogens (tertiary/aromatic N) is 5. The largest absolute Gasteiger partial charge is 0.352 e. The third kappa shape index (κ3) is 6.17. The van der Waals surface area contributed by atoms with Crippen LogP contribution in [0.15, 0.2) is 66.7 Å². The second-order valence-electron chi connectivity index (χ2n) is 8.57. The maximum absolute atomic E-state index is 13.1. The Morgan fingerprint density at radius 3 is 2.29 bits per heavy atom. The average Bonchev–Trinajstić information content (AvgIpc) is 2.91. The zero-order valence-corrected chi connectivity index (χ0v) is 20.7. The molecule has 7 nitrogen and oxygen atoms in total. The minimum atomic E-state index is -0.0973.